The van der Waals surface area contributed by atoms with E-state index in [-0.39, 0.29) is 6.04 Å². The number of hydrogen-bond donors (Lipinski definition) is 0. The van der Waals surface area contributed by atoms with Gasteiger partial charge in [-0.2, -0.15) is 4.31 Å². The van der Waals surface area contributed by atoms with Crippen molar-refractivity contribution in [2.45, 2.75) is 50.5 Å². The van der Waals surface area contributed by atoms with Crippen LogP contribution in [0.1, 0.15) is 48.4 Å². The van der Waals surface area contributed by atoms with E-state index < -0.39 is 10.0 Å². The first kappa shape index (κ1) is 18.4. The molecule has 0 saturated carbocycles. The van der Waals surface area contributed by atoms with Crippen molar-refractivity contribution in [1.82, 2.24) is 4.31 Å². The fourth-order valence-electron chi connectivity index (χ4n) is 3.50. The van der Waals surface area contributed by atoms with Crippen molar-refractivity contribution in [1.29, 1.82) is 0 Å². The topological polar surface area (TPSA) is 37.4 Å². The van der Waals surface area contributed by atoms with Crippen LogP contribution < -0.4 is 0 Å². The van der Waals surface area contributed by atoms with E-state index in [0.29, 0.717) is 16.5 Å². The van der Waals surface area contributed by atoms with E-state index in [4.69, 9.17) is 11.6 Å². The monoisotopic (exact) mass is 377 g/mol. The molecule has 25 heavy (non-hydrogen) atoms. The van der Waals surface area contributed by atoms with Crippen LogP contribution in [0, 0.1) is 13.8 Å². The third-order valence-electron chi connectivity index (χ3n) is 4.89. The SMILES string of the molecule is Cc1ccc(C)c(S(=O)(=O)N2CCCCCC2c2ccc(Cl)cc2)c1. The molecule has 1 aliphatic rings. The Bertz CT molecular complexity index is 846. The first-order valence-electron chi connectivity index (χ1n) is 8.74. The number of nitrogens with zero attached hydrogens (tertiary/aromatic N) is 1. The number of halogens is 1. The van der Waals surface area contributed by atoms with Crippen molar-refractivity contribution in [3.8, 4) is 0 Å². The molecule has 0 radical (unpaired) electrons. The smallest absolute Gasteiger partial charge is 0.207 e. The Morgan fingerprint density at radius 2 is 1.72 bits per heavy atom. The molecule has 2 aromatic rings. The second kappa shape index (κ2) is 7.48. The normalized spacial score (nSPS) is 19.6. The van der Waals surface area contributed by atoms with Crippen LogP contribution in [-0.2, 0) is 10.0 Å². The summed E-state index contributed by atoms with van der Waals surface area (Å²) < 4.78 is 28.6. The van der Waals surface area contributed by atoms with Crippen molar-refractivity contribution >= 4 is 21.6 Å². The molecular formula is C20H24ClNO2S. The van der Waals surface area contributed by atoms with Gasteiger partial charge in [0.05, 0.1) is 10.9 Å². The molecule has 3 rings (SSSR count). The van der Waals surface area contributed by atoms with Crippen LogP contribution >= 0.6 is 11.6 Å². The summed E-state index contributed by atoms with van der Waals surface area (Å²) in [7, 11) is -3.55. The van der Waals surface area contributed by atoms with Crippen molar-refractivity contribution < 1.29 is 8.42 Å². The predicted molar refractivity (Wildman–Crippen MR) is 102 cm³/mol. The highest BCUT2D eigenvalue weighted by molar-refractivity contribution is 7.89. The molecule has 3 nitrogen and oxygen atoms in total. The molecule has 1 atom stereocenters. The highest BCUT2D eigenvalue weighted by atomic mass is 35.5. The maximum absolute atomic E-state index is 13.5. The third-order valence-corrected chi connectivity index (χ3v) is 7.19. The zero-order valence-corrected chi connectivity index (χ0v) is 16.3. The Morgan fingerprint density at radius 1 is 1.00 bits per heavy atom. The summed E-state index contributed by atoms with van der Waals surface area (Å²) in [6.45, 7) is 4.35. The number of hydrogen-bond acceptors (Lipinski definition) is 2. The maximum atomic E-state index is 13.5. The Labute approximate surface area is 155 Å². The molecule has 1 unspecified atom stereocenters. The second-order valence-corrected chi connectivity index (χ2v) is 9.10. The molecule has 134 valence electrons. The Morgan fingerprint density at radius 3 is 2.44 bits per heavy atom. The fourth-order valence-corrected chi connectivity index (χ4v) is 5.62. The Kier molecular flexibility index (Phi) is 5.52. The average Bonchev–Trinajstić information content (AvgIpc) is 2.84. The van der Waals surface area contributed by atoms with E-state index >= 15 is 0 Å². The van der Waals surface area contributed by atoms with E-state index in [1.807, 2.05) is 50.2 Å². The van der Waals surface area contributed by atoms with Crippen LogP contribution in [0.4, 0.5) is 0 Å². The fraction of sp³-hybridized carbons (Fsp3) is 0.400. The Balaban J connectivity index is 2.06. The van der Waals surface area contributed by atoms with Gasteiger partial charge in [-0.1, -0.05) is 48.7 Å². The summed E-state index contributed by atoms with van der Waals surface area (Å²) in [4.78, 5) is 0.424. The number of benzene rings is 2. The Hall–Kier alpha value is -1.36. The van der Waals surface area contributed by atoms with Crippen LogP contribution in [0.2, 0.25) is 5.02 Å². The summed E-state index contributed by atoms with van der Waals surface area (Å²) in [6.07, 6.45) is 3.83. The molecule has 0 aliphatic carbocycles. The third kappa shape index (κ3) is 3.91. The molecule has 0 aromatic heterocycles. The quantitative estimate of drug-likeness (QED) is 0.731. The van der Waals surface area contributed by atoms with E-state index in [1.54, 1.807) is 10.4 Å². The zero-order chi connectivity index (χ0) is 18.0. The molecule has 0 spiro atoms. The minimum absolute atomic E-state index is 0.135. The zero-order valence-electron chi connectivity index (χ0n) is 14.7. The lowest BCUT2D eigenvalue weighted by Crippen LogP contribution is -2.35. The van der Waals surface area contributed by atoms with Gasteiger partial charge in [-0.3, -0.25) is 0 Å². The van der Waals surface area contributed by atoms with E-state index in [9.17, 15) is 8.42 Å². The molecule has 0 amide bonds. The van der Waals surface area contributed by atoms with Crippen LogP contribution in [0.25, 0.3) is 0 Å². The molecule has 0 N–H and O–H groups in total. The van der Waals surface area contributed by atoms with Crippen molar-refractivity contribution in [2.24, 2.45) is 0 Å². The van der Waals surface area contributed by atoms with Crippen molar-refractivity contribution in [3.05, 3.63) is 64.2 Å². The molecule has 1 saturated heterocycles. The maximum Gasteiger partial charge on any atom is 0.243 e. The lowest BCUT2D eigenvalue weighted by atomic mass is 10.0. The largest absolute Gasteiger partial charge is 0.243 e. The minimum Gasteiger partial charge on any atom is -0.207 e. The summed E-state index contributed by atoms with van der Waals surface area (Å²) in [6, 6.07) is 13.1. The second-order valence-electron chi connectivity index (χ2n) is 6.80. The minimum atomic E-state index is -3.55. The molecular weight excluding hydrogens is 354 g/mol. The lowest BCUT2D eigenvalue weighted by Gasteiger charge is -2.30. The van der Waals surface area contributed by atoms with Crippen molar-refractivity contribution in [3.63, 3.8) is 0 Å². The summed E-state index contributed by atoms with van der Waals surface area (Å²) in [5.74, 6) is 0. The van der Waals surface area contributed by atoms with Gasteiger partial charge in [0.25, 0.3) is 0 Å². The highest BCUT2D eigenvalue weighted by Crippen LogP contribution is 2.36. The van der Waals surface area contributed by atoms with Gasteiger partial charge in [0, 0.05) is 11.6 Å². The van der Waals surface area contributed by atoms with Crippen LogP contribution in [0.3, 0.4) is 0 Å². The first-order valence-corrected chi connectivity index (χ1v) is 10.6. The van der Waals surface area contributed by atoms with Gasteiger partial charge in [0.2, 0.25) is 10.0 Å². The van der Waals surface area contributed by atoms with Crippen molar-refractivity contribution in [2.75, 3.05) is 6.54 Å². The lowest BCUT2D eigenvalue weighted by molar-refractivity contribution is 0.328. The van der Waals surface area contributed by atoms with Gasteiger partial charge in [-0.25, -0.2) is 8.42 Å². The number of rotatable bonds is 3. The number of aryl methyl sites for hydroxylation is 2. The molecule has 1 heterocycles. The summed E-state index contributed by atoms with van der Waals surface area (Å²) in [5.41, 5.74) is 2.77. The van der Waals surface area contributed by atoms with E-state index in [1.165, 1.54) is 0 Å². The van der Waals surface area contributed by atoms with Crippen LogP contribution in [0.15, 0.2) is 47.4 Å². The van der Waals surface area contributed by atoms with Crippen LogP contribution in [-0.4, -0.2) is 19.3 Å². The van der Waals surface area contributed by atoms with Crippen LogP contribution in [0.5, 0.6) is 0 Å². The highest BCUT2D eigenvalue weighted by Gasteiger charge is 2.34. The van der Waals surface area contributed by atoms with E-state index in [0.717, 1.165) is 42.4 Å². The van der Waals surface area contributed by atoms with Gasteiger partial charge in [0.15, 0.2) is 0 Å². The predicted octanol–water partition coefficient (Wildman–Crippen LogP) is 5.26. The molecule has 1 fully saturated rings. The standard InChI is InChI=1S/C20H24ClNO2S/c1-15-7-8-16(2)20(14-15)25(23,24)22-13-5-3-4-6-19(22)17-9-11-18(21)12-10-17/h7-12,14,19H,3-6,13H2,1-2H3. The first-order chi connectivity index (χ1) is 11.9. The number of sulfonamides is 1. The van der Waals surface area contributed by atoms with Gasteiger partial charge in [-0.05, 0) is 61.6 Å². The average molecular weight is 378 g/mol. The van der Waals surface area contributed by atoms with Gasteiger partial charge in [0.1, 0.15) is 0 Å². The summed E-state index contributed by atoms with van der Waals surface area (Å²) in [5, 5.41) is 0.668. The van der Waals surface area contributed by atoms with Gasteiger partial charge >= 0.3 is 0 Å². The van der Waals surface area contributed by atoms with Gasteiger partial charge in [-0.15, -0.1) is 0 Å². The summed E-state index contributed by atoms with van der Waals surface area (Å²) >= 11 is 6.01. The molecule has 0 bridgehead atoms. The van der Waals surface area contributed by atoms with Gasteiger partial charge < -0.3 is 0 Å². The molecule has 5 heteroatoms. The molecule has 2 aromatic carbocycles. The molecule has 1 aliphatic heterocycles. The van der Waals surface area contributed by atoms with E-state index in [2.05, 4.69) is 0 Å².